The van der Waals surface area contributed by atoms with E-state index in [1.165, 1.54) is 38.5 Å². The summed E-state index contributed by atoms with van der Waals surface area (Å²) in [4.78, 5) is 2.48. The van der Waals surface area contributed by atoms with Gasteiger partial charge in [0.2, 0.25) is 0 Å². The van der Waals surface area contributed by atoms with Crippen molar-refractivity contribution in [3.05, 3.63) is 0 Å². The predicted molar refractivity (Wildman–Crippen MR) is 73.7 cm³/mol. The van der Waals surface area contributed by atoms with Crippen molar-refractivity contribution in [1.29, 1.82) is 0 Å². The number of rotatable bonds is 5. The van der Waals surface area contributed by atoms with Gasteiger partial charge in [0.1, 0.15) is 0 Å². The zero-order valence-corrected chi connectivity index (χ0v) is 11.8. The second-order valence-corrected chi connectivity index (χ2v) is 5.95. The molecule has 0 bridgehead atoms. The highest BCUT2D eigenvalue weighted by molar-refractivity contribution is 4.78. The molecule has 1 aliphatic carbocycles. The minimum absolute atomic E-state index is 0.0777. The van der Waals surface area contributed by atoms with Gasteiger partial charge in [-0.1, -0.05) is 26.2 Å². The maximum atomic E-state index is 10.2. The Labute approximate surface area is 112 Å². The number of nitrogens with zero attached hydrogens (tertiary/aromatic N) is 1. The first-order chi connectivity index (χ1) is 8.79. The third-order valence-electron chi connectivity index (χ3n) is 4.54. The number of hydrogen-bond donors (Lipinski definition) is 1. The maximum Gasteiger partial charge on any atom is 0.0702 e. The molecule has 3 atom stereocenters. The predicted octanol–water partition coefficient (Wildman–Crippen LogP) is 2.43. The molecule has 1 saturated heterocycles. The van der Waals surface area contributed by atoms with Crippen molar-refractivity contribution >= 4 is 0 Å². The highest BCUT2D eigenvalue weighted by atomic mass is 16.5. The van der Waals surface area contributed by atoms with Crippen LogP contribution >= 0.6 is 0 Å². The smallest absolute Gasteiger partial charge is 0.0702 e. The molecule has 1 saturated carbocycles. The third-order valence-corrected chi connectivity index (χ3v) is 4.54. The Morgan fingerprint density at radius 3 is 2.61 bits per heavy atom. The fourth-order valence-electron chi connectivity index (χ4n) is 3.32. The van der Waals surface area contributed by atoms with Crippen molar-refractivity contribution in [2.45, 2.75) is 64.1 Å². The lowest BCUT2D eigenvalue weighted by molar-refractivity contribution is 0.0427. The summed E-state index contributed by atoms with van der Waals surface area (Å²) in [6.45, 7) is 6.34. The van der Waals surface area contributed by atoms with E-state index in [-0.39, 0.29) is 6.10 Å². The Morgan fingerprint density at radius 2 is 1.89 bits per heavy atom. The van der Waals surface area contributed by atoms with Crippen LogP contribution in [0.2, 0.25) is 0 Å². The van der Waals surface area contributed by atoms with Gasteiger partial charge < -0.3 is 14.7 Å². The van der Waals surface area contributed by atoms with E-state index in [2.05, 4.69) is 11.8 Å². The van der Waals surface area contributed by atoms with E-state index < -0.39 is 0 Å². The summed E-state index contributed by atoms with van der Waals surface area (Å²) in [5.41, 5.74) is 0. The molecule has 2 fully saturated rings. The highest BCUT2D eigenvalue weighted by Crippen LogP contribution is 2.25. The van der Waals surface area contributed by atoms with Gasteiger partial charge in [-0.2, -0.15) is 0 Å². The van der Waals surface area contributed by atoms with Crippen molar-refractivity contribution in [2.75, 3.05) is 26.2 Å². The van der Waals surface area contributed by atoms with Crippen LogP contribution in [0.25, 0.3) is 0 Å². The van der Waals surface area contributed by atoms with E-state index in [9.17, 15) is 5.11 Å². The summed E-state index contributed by atoms with van der Waals surface area (Å²) < 4.78 is 5.72. The molecule has 106 valence electrons. The zero-order valence-electron chi connectivity index (χ0n) is 11.8. The van der Waals surface area contributed by atoms with Crippen LogP contribution in [0.15, 0.2) is 0 Å². The number of ether oxygens (including phenoxy) is 1. The minimum atomic E-state index is -0.0777. The van der Waals surface area contributed by atoms with Crippen molar-refractivity contribution in [2.24, 2.45) is 5.92 Å². The zero-order chi connectivity index (χ0) is 12.8. The molecule has 0 aromatic rings. The quantitative estimate of drug-likeness (QED) is 0.766. The Bertz CT molecular complexity index is 229. The summed E-state index contributed by atoms with van der Waals surface area (Å²) in [7, 11) is 0. The van der Waals surface area contributed by atoms with E-state index in [0.29, 0.717) is 12.0 Å². The summed E-state index contributed by atoms with van der Waals surface area (Å²) >= 11 is 0. The molecule has 1 heterocycles. The van der Waals surface area contributed by atoms with E-state index >= 15 is 0 Å². The molecule has 18 heavy (non-hydrogen) atoms. The average Bonchev–Trinajstić information content (AvgIpc) is 2.80. The lowest BCUT2D eigenvalue weighted by Crippen LogP contribution is -2.39. The second-order valence-electron chi connectivity index (χ2n) is 5.95. The van der Waals surface area contributed by atoms with Gasteiger partial charge in [0.25, 0.3) is 0 Å². The largest absolute Gasteiger partial charge is 0.393 e. The molecule has 0 aromatic carbocycles. The molecule has 0 radical (unpaired) electrons. The molecular weight excluding hydrogens is 226 g/mol. The first-order valence-corrected chi connectivity index (χ1v) is 7.81. The van der Waals surface area contributed by atoms with E-state index in [0.717, 1.165) is 32.7 Å². The number of likely N-dealkylation sites (N-methyl/N-ethyl adjacent to an activating group) is 1. The second kappa shape index (κ2) is 7.46. The first kappa shape index (κ1) is 14.3. The monoisotopic (exact) mass is 255 g/mol. The number of aliphatic hydroxyl groups is 1. The topological polar surface area (TPSA) is 32.7 Å². The Morgan fingerprint density at radius 1 is 1.06 bits per heavy atom. The van der Waals surface area contributed by atoms with Crippen LogP contribution in [0.4, 0.5) is 0 Å². The standard InChI is InChI=1S/C15H29NO2/c1-2-16(12-14-8-6-10-18-14)11-13-7-4-3-5-9-15(13)17/h13-15,17H,2-12H2,1H3. The molecular formula is C15H29NO2. The van der Waals surface area contributed by atoms with Gasteiger partial charge >= 0.3 is 0 Å². The van der Waals surface area contributed by atoms with Crippen molar-refractivity contribution in [3.63, 3.8) is 0 Å². The van der Waals surface area contributed by atoms with Crippen LogP contribution in [0.1, 0.15) is 51.9 Å². The molecule has 3 unspecified atom stereocenters. The Hall–Kier alpha value is -0.120. The fourth-order valence-corrected chi connectivity index (χ4v) is 3.32. The lowest BCUT2D eigenvalue weighted by Gasteiger charge is -2.30. The third kappa shape index (κ3) is 4.22. The van der Waals surface area contributed by atoms with E-state index in [1.54, 1.807) is 0 Å². The Kier molecular flexibility index (Phi) is 5.93. The van der Waals surface area contributed by atoms with Crippen molar-refractivity contribution < 1.29 is 9.84 Å². The minimum Gasteiger partial charge on any atom is -0.393 e. The molecule has 2 rings (SSSR count). The average molecular weight is 255 g/mol. The van der Waals surface area contributed by atoms with Gasteiger partial charge in [0, 0.05) is 19.7 Å². The van der Waals surface area contributed by atoms with Gasteiger partial charge in [-0.3, -0.25) is 0 Å². The van der Waals surface area contributed by atoms with Crippen LogP contribution in [0, 0.1) is 5.92 Å². The van der Waals surface area contributed by atoms with Gasteiger partial charge in [-0.25, -0.2) is 0 Å². The van der Waals surface area contributed by atoms with E-state index in [1.807, 2.05) is 0 Å². The maximum absolute atomic E-state index is 10.2. The van der Waals surface area contributed by atoms with Crippen molar-refractivity contribution in [1.82, 2.24) is 4.90 Å². The fraction of sp³-hybridized carbons (Fsp3) is 1.00. The summed E-state index contributed by atoms with van der Waals surface area (Å²) in [5.74, 6) is 0.480. The molecule has 3 nitrogen and oxygen atoms in total. The molecule has 1 aliphatic heterocycles. The van der Waals surface area contributed by atoms with Crippen molar-refractivity contribution in [3.8, 4) is 0 Å². The highest BCUT2D eigenvalue weighted by Gasteiger charge is 2.25. The normalized spacial score (nSPS) is 33.8. The summed E-state index contributed by atoms with van der Waals surface area (Å²) in [6, 6.07) is 0. The number of hydrogen-bond acceptors (Lipinski definition) is 3. The summed E-state index contributed by atoms with van der Waals surface area (Å²) in [6.07, 6.45) is 8.78. The van der Waals surface area contributed by atoms with Crippen LogP contribution in [0.5, 0.6) is 0 Å². The van der Waals surface area contributed by atoms with Crippen LogP contribution in [-0.4, -0.2) is 48.5 Å². The number of aliphatic hydroxyl groups excluding tert-OH is 1. The molecule has 0 amide bonds. The van der Waals surface area contributed by atoms with Gasteiger partial charge in [-0.15, -0.1) is 0 Å². The van der Waals surface area contributed by atoms with Gasteiger partial charge in [-0.05, 0) is 38.1 Å². The summed E-state index contributed by atoms with van der Waals surface area (Å²) in [5, 5.41) is 10.2. The van der Waals surface area contributed by atoms with Gasteiger partial charge in [0.15, 0.2) is 0 Å². The molecule has 3 heteroatoms. The Balaban J connectivity index is 1.79. The molecule has 1 N–H and O–H groups in total. The van der Waals surface area contributed by atoms with Crippen LogP contribution < -0.4 is 0 Å². The van der Waals surface area contributed by atoms with Gasteiger partial charge in [0.05, 0.1) is 12.2 Å². The molecule has 0 spiro atoms. The van der Waals surface area contributed by atoms with E-state index in [4.69, 9.17) is 4.74 Å². The first-order valence-electron chi connectivity index (χ1n) is 7.81. The molecule has 0 aromatic heterocycles. The molecule has 2 aliphatic rings. The SMILES string of the molecule is CCN(CC1CCCO1)CC1CCCCCC1O. The lowest BCUT2D eigenvalue weighted by atomic mass is 9.96. The van der Waals surface area contributed by atoms with Crippen LogP contribution in [-0.2, 0) is 4.74 Å². The van der Waals surface area contributed by atoms with Crippen LogP contribution in [0.3, 0.4) is 0 Å².